The Kier molecular flexibility index (Phi) is 3.69. The highest BCUT2D eigenvalue weighted by Crippen LogP contribution is 2.31. The number of carboxylic acids is 1. The molecular formula is C17H14FN3O3. The van der Waals surface area contributed by atoms with E-state index in [4.69, 9.17) is 15.6 Å². The topological polar surface area (TPSA) is 101 Å². The van der Waals surface area contributed by atoms with E-state index in [1.807, 2.05) is 10.5 Å². The van der Waals surface area contributed by atoms with Crippen LogP contribution in [0.15, 0.2) is 42.6 Å². The highest BCUT2D eigenvalue weighted by atomic mass is 19.1. The fourth-order valence-electron chi connectivity index (χ4n) is 2.64. The molecule has 6 nitrogen and oxygen atoms in total. The molecule has 0 aliphatic rings. The number of hydrogen-bond donors (Lipinski definition) is 3. The number of phenols is 1. The number of benzene rings is 2. The van der Waals surface area contributed by atoms with Crippen molar-refractivity contribution in [3.63, 3.8) is 0 Å². The number of nitrogens with two attached hydrogens (primary N) is 1. The summed E-state index contributed by atoms with van der Waals surface area (Å²) in [6.07, 6.45) is 1.71. The van der Waals surface area contributed by atoms with Crippen molar-refractivity contribution in [2.75, 3.05) is 5.73 Å². The predicted octanol–water partition coefficient (Wildman–Crippen LogP) is 3.16. The molecule has 0 spiro atoms. The SMILES string of the molecule is CC(=O)O.Nc1nc2cc(O)ccc2n2cc3c(F)cccc3c12. The molecule has 2 aromatic carbocycles. The largest absolute Gasteiger partial charge is 0.508 e. The van der Waals surface area contributed by atoms with Crippen LogP contribution < -0.4 is 5.73 Å². The molecule has 0 aliphatic carbocycles. The van der Waals surface area contributed by atoms with Gasteiger partial charge in [0.1, 0.15) is 17.4 Å². The average Bonchev–Trinajstić information content (AvgIpc) is 2.88. The lowest BCUT2D eigenvalue weighted by molar-refractivity contribution is -0.134. The van der Waals surface area contributed by atoms with Crippen molar-refractivity contribution in [1.29, 1.82) is 0 Å². The summed E-state index contributed by atoms with van der Waals surface area (Å²) in [6, 6.07) is 9.73. The molecule has 0 fully saturated rings. The van der Waals surface area contributed by atoms with Crippen LogP contribution in [0, 0.1) is 5.82 Å². The van der Waals surface area contributed by atoms with E-state index in [9.17, 15) is 9.50 Å². The zero-order chi connectivity index (χ0) is 17.4. The van der Waals surface area contributed by atoms with Crippen molar-refractivity contribution in [2.45, 2.75) is 6.92 Å². The molecule has 2 aromatic heterocycles. The molecule has 122 valence electrons. The van der Waals surface area contributed by atoms with Gasteiger partial charge in [-0.1, -0.05) is 12.1 Å². The van der Waals surface area contributed by atoms with Gasteiger partial charge >= 0.3 is 0 Å². The summed E-state index contributed by atoms with van der Waals surface area (Å²) >= 11 is 0. The number of carbonyl (C=O) groups is 1. The van der Waals surface area contributed by atoms with E-state index < -0.39 is 5.97 Å². The van der Waals surface area contributed by atoms with Gasteiger partial charge in [-0.2, -0.15) is 0 Å². The van der Waals surface area contributed by atoms with Crippen molar-refractivity contribution < 1.29 is 19.4 Å². The van der Waals surface area contributed by atoms with E-state index in [1.165, 1.54) is 12.1 Å². The predicted molar refractivity (Wildman–Crippen MR) is 89.5 cm³/mol. The minimum atomic E-state index is -0.833. The monoisotopic (exact) mass is 327 g/mol. The maximum Gasteiger partial charge on any atom is 0.300 e. The van der Waals surface area contributed by atoms with Crippen molar-refractivity contribution in [3.8, 4) is 5.75 Å². The van der Waals surface area contributed by atoms with E-state index in [-0.39, 0.29) is 11.6 Å². The standard InChI is InChI=1S/C15H10FN3O.C2H4O2/c16-11-3-1-2-9-10(11)7-19-13-5-4-8(20)6-12(13)18-15(17)14(9)19;1-2(3)4/h1-7,20H,(H2,17,18);1H3,(H,3,4). The number of fused-ring (bicyclic) bond motifs is 5. The van der Waals surface area contributed by atoms with Crippen LogP contribution in [-0.2, 0) is 4.79 Å². The van der Waals surface area contributed by atoms with Crippen LogP contribution in [0.1, 0.15) is 6.92 Å². The van der Waals surface area contributed by atoms with Crippen LogP contribution in [-0.4, -0.2) is 25.6 Å². The van der Waals surface area contributed by atoms with Gasteiger partial charge < -0.3 is 20.3 Å². The lowest BCUT2D eigenvalue weighted by Crippen LogP contribution is -1.97. The van der Waals surface area contributed by atoms with Gasteiger partial charge in [0.15, 0.2) is 0 Å². The molecule has 0 unspecified atom stereocenters. The minimum Gasteiger partial charge on any atom is -0.508 e. The van der Waals surface area contributed by atoms with E-state index >= 15 is 0 Å². The summed E-state index contributed by atoms with van der Waals surface area (Å²) < 4.78 is 15.7. The Bertz CT molecular complexity index is 1080. The van der Waals surface area contributed by atoms with Gasteiger partial charge in [-0.25, -0.2) is 9.37 Å². The van der Waals surface area contributed by atoms with Gasteiger partial charge in [0, 0.05) is 30.0 Å². The number of nitrogens with zero attached hydrogens (tertiary/aromatic N) is 2. The fraction of sp³-hybridized carbons (Fsp3) is 0.0588. The summed E-state index contributed by atoms with van der Waals surface area (Å²) in [5.74, 6) is -0.701. The third-order valence-corrected chi connectivity index (χ3v) is 3.51. The lowest BCUT2D eigenvalue weighted by atomic mass is 10.2. The molecule has 4 N–H and O–H groups in total. The third kappa shape index (κ3) is 2.56. The molecule has 4 rings (SSSR count). The maximum absolute atomic E-state index is 13.9. The van der Waals surface area contributed by atoms with Crippen molar-refractivity contribution in [2.24, 2.45) is 0 Å². The molecule has 0 atom stereocenters. The maximum atomic E-state index is 13.9. The first kappa shape index (κ1) is 15.5. The quantitative estimate of drug-likeness (QED) is 0.460. The first-order chi connectivity index (χ1) is 11.4. The fourth-order valence-corrected chi connectivity index (χ4v) is 2.64. The van der Waals surface area contributed by atoms with Crippen LogP contribution in [0.25, 0.3) is 27.3 Å². The number of carboxylic acid groups (broad SMARTS) is 1. The Labute approximate surface area is 135 Å². The molecule has 7 heteroatoms. The van der Waals surface area contributed by atoms with Crippen molar-refractivity contribution in [3.05, 3.63) is 48.4 Å². The number of aliphatic carboxylic acids is 1. The molecule has 4 aromatic rings. The van der Waals surface area contributed by atoms with Crippen LogP contribution >= 0.6 is 0 Å². The summed E-state index contributed by atoms with van der Waals surface area (Å²) in [5, 5.41) is 18.2. The van der Waals surface area contributed by atoms with Gasteiger partial charge in [-0.3, -0.25) is 4.79 Å². The van der Waals surface area contributed by atoms with E-state index in [0.29, 0.717) is 22.2 Å². The molecule has 0 amide bonds. The highest BCUT2D eigenvalue weighted by molar-refractivity contribution is 6.04. The van der Waals surface area contributed by atoms with Crippen molar-refractivity contribution in [1.82, 2.24) is 9.38 Å². The summed E-state index contributed by atoms with van der Waals surface area (Å²) in [5.41, 5.74) is 8.01. The zero-order valence-corrected chi connectivity index (χ0v) is 12.7. The Morgan fingerprint density at radius 2 is 1.96 bits per heavy atom. The summed E-state index contributed by atoms with van der Waals surface area (Å²) in [6.45, 7) is 1.08. The number of hydrogen-bond acceptors (Lipinski definition) is 4. The van der Waals surface area contributed by atoms with Crippen LogP contribution in [0.4, 0.5) is 10.2 Å². The number of halogens is 1. The van der Waals surface area contributed by atoms with Gasteiger partial charge in [-0.05, 0) is 18.2 Å². The number of aromatic hydroxyl groups is 1. The van der Waals surface area contributed by atoms with Gasteiger partial charge in [0.2, 0.25) is 0 Å². The second-order valence-electron chi connectivity index (χ2n) is 5.24. The number of rotatable bonds is 0. The number of anilines is 1. The van der Waals surface area contributed by atoms with Crippen LogP contribution in [0.5, 0.6) is 5.75 Å². The Morgan fingerprint density at radius 3 is 2.67 bits per heavy atom. The molecule has 0 saturated carbocycles. The lowest BCUT2D eigenvalue weighted by Gasteiger charge is -2.05. The number of nitrogen functional groups attached to an aromatic ring is 1. The average molecular weight is 327 g/mol. The Morgan fingerprint density at radius 1 is 1.25 bits per heavy atom. The van der Waals surface area contributed by atoms with Gasteiger partial charge in [-0.15, -0.1) is 0 Å². The Hall–Kier alpha value is -3.35. The molecule has 0 aliphatic heterocycles. The second-order valence-corrected chi connectivity index (χ2v) is 5.24. The molecule has 0 saturated heterocycles. The van der Waals surface area contributed by atoms with Crippen molar-refractivity contribution >= 4 is 39.1 Å². The Balaban J connectivity index is 0.000000383. The first-order valence-electron chi connectivity index (χ1n) is 7.05. The smallest absolute Gasteiger partial charge is 0.300 e. The van der Waals surface area contributed by atoms with Gasteiger partial charge in [0.25, 0.3) is 5.97 Å². The second kappa shape index (κ2) is 5.69. The summed E-state index contributed by atoms with van der Waals surface area (Å²) in [7, 11) is 0. The third-order valence-electron chi connectivity index (χ3n) is 3.51. The van der Waals surface area contributed by atoms with Crippen LogP contribution in [0.3, 0.4) is 0 Å². The minimum absolute atomic E-state index is 0.117. The molecule has 0 bridgehead atoms. The molecule has 2 heterocycles. The van der Waals surface area contributed by atoms with E-state index in [1.54, 1.807) is 24.4 Å². The highest BCUT2D eigenvalue weighted by Gasteiger charge is 2.13. The van der Waals surface area contributed by atoms with Gasteiger partial charge in [0.05, 0.1) is 16.6 Å². The van der Waals surface area contributed by atoms with E-state index in [2.05, 4.69) is 4.98 Å². The zero-order valence-electron chi connectivity index (χ0n) is 12.7. The summed E-state index contributed by atoms with van der Waals surface area (Å²) in [4.78, 5) is 13.3. The normalized spacial score (nSPS) is 10.8. The van der Waals surface area contributed by atoms with E-state index in [0.717, 1.165) is 17.8 Å². The number of aromatic nitrogens is 2. The van der Waals surface area contributed by atoms with Crippen LogP contribution in [0.2, 0.25) is 0 Å². The number of phenolic OH excluding ortho intramolecular Hbond substituents is 1. The molecular weight excluding hydrogens is 313 g/mol. The molecule has 24 heavy (non-hydrogen) atoms. The molecule has 0 radical (unpaired) electrons. The first-order valence-corrected chi connectivity index (χ1v) is 7.05.